The third-order valence-corrected chi connectivity index (χ3v) is 11.6. The van der Waals surface area contributed by atoms with Crippen molar-refractivity contribution in [2.45, 2.75) is 19.3 Å². The number of fused-ring (bicyclic) bond motifs is 3. The summed E-state index contributed by atoms with van der Waals surface area (Å²) in [4.78, 5) is 4.85. The molecule has 0 saturated heterocycles. The Morgan fingerprint density at radius 2 is 0.895 bits per heavy atom. The fraction of sp³-hybridized carbons (Fsp3) is 0.0545. The van der Waals surface area contributed by atoms with Gasteiger partial charge in [0.25, 0.3) is 0 Å². The summed E-state index contributed by atoms with van der Waals surface area (Å²) < 4.78 is 0. The van der Waals surface area contributed by atoms with Crippen molar-refractivity contribution >= 4 is 44.9 Å². The Bertz CT molecular complexity index is 2820. The summed E-state index contributed by atoms with van der Waals surface area (Å²) in [6.45, 7) is 4.74. The van der Waals surface area contributed by atoms with Crippen molar-refractivity contribution in [1.82, 2.24) is 0 Å². The molecule has 0 bridgehead atoms. The van der Waals surface area contributed by atoms with Gasteiger partial charge in [0.1, 0.15) is 0 Å². The first kappa shape index (κ1) is 34.3. The Labute approximate surface area is 335 Å². The van der Waals surface area contributed by atoms with Crippen LogP contribution in [0.25, 0.3) is 44.2 Å². The molecule has 0 spiro atoms. The quantitative estimate of drug-likeness (QED) is 0.161. The van der Waals surface area contributed by atoms with Crippen LogP contribution >= 0.6 is 0 Å². The Balaban J connectivity index is 1.10. The van der Waals surface area contributed by atoms with Crippen molar-refractivity contribution in [2.75, 3.05) is 9.80 Å². The van der Waals surface area contributed by atoms with E-state index in [1.165, 1.54) is 72.3 Å². The van der Waals surface area contributed by atoms with Gasteiger partial charge in [-0.25, -0.2) is 0 Å². The minimum Gasteiger partial charge on any atom is -0.310 e. The molecular weight excluding hydrogens is 689 g/mol. The minimum atomic E-state index is -0.204. The van der Waals surface area contributed by atoms with E-state index in [9.17, 15) is 0 Å². The summed E-state index contributed by atoms with van der Waals surface area (Å²) in [7, 11) is 0. The fourth-order valence-corrected chi connectivity index (χ4v) is 8.75. The number of para-hydroxylation sites is 3. The normalized spacial score (nSPS) is 12.8. The van der Waals surface area contributed by atoms with Crippen LogP contribution in [0.4, 0.5) is 34.1 Å². The number of hydrogen-bond donors (Lipinski definition) is 0. The van der Waals surface area contributed by atoms with Crippen LogP contribution in [0.1, 0.15) is 25.0 Å². The van der Waals surface area contributed by atoms with Crippen molar-refractivity contribution < 1.29 is 0 Å². The van der Waals surface area contributed by atoms with Gasteiger partial charge in [0.15, 0.2) is 0 Å². The van der Waals surface area contributed by atoms with E-state index in [4.69, 9.17) is 0 Å². The zero-order valence-electron chi connectivity index (χ0n) is 32.2. The minimum absolute atomic E-state index is 0.204. The first-order chi connectivity index (χ1) is 28.0. The third kappa shape index (κ3) is 6.07. The number of hydrogen-bond acceptors (Lipinski definition) is 2. The summed E-state index contributed by atoms with van der Waals surface area (Å²) in [5.41, 5.74) is 16.6. The number of rotatable bonds is 7. The van der Waals surface area contributed by atoms with Crippen LogP contribution < -0.4 is 9.80 Å². The Kier molecular flexibility index (Phi) is 8.53. The molecule has 1 heterocycles. The fourth-order valence-electron chi connectivity index (χ4n) is 8.75. The van der Waals surface area contributed by atoms with Crippen LogP contribution in [0, 0.1) is 0 Å². The lowest BCUT2D eigenvalue weighted by Gasteiger charge is -2.43. The highest BCUT2D eigenvalue weighted by Gasteiger charge is 2.38. The standard InChI is InChI=1S/C55H42N2/c1-55(2)50-27-14-15-28-52(50)57(53-36-34-44(38-51(53)55)39-17-6-3-7-18-39)54-48-26-13-12-19-41(48)33-35-49(54)42-31-29-40(30-32-42)43-20-16-25-47(37-43)56(45-21-8-4-9-22-45)46-23-10-5-11-24-46/h3-38H,1-2H3. The molecule has 10 rings (SSSR count). The molecule has 57 heavy (non-hydrogen) atoms. The Morgan fingerprint density at radius 1 is 0.368 bits per heavy atom. The molecule has 9 aromatic carbocycles. The summed E-state index contributed by atoms with van der Waals surface area (Å²) in [6, 6.07) is 79.3. The number of benzene rings is 9. The summed E-state index contributed by atoms with van der Waals surface area (Å²) in [6.07, 6.45) is 0. The predicted octanol–water partition coefficient (Wildman–Crippen LogP) is 15.4. The van der Waals surface area contributed by atoms with Crippen molar-refractivity contribution in [3.63, 3.8) is 0 Å². The first-order valence-corrected chi connectivity index (χ1v) is 19.8. The van der Waals surface area contributed by atoms with Gasteiger partial charge >= 0.3 is 0 Å². The average molecular weight is 731 g/mol. The predicted molar refractivity (Wildman–Crippen MR) is 242 cm³/mol. The lowest BCUT2D eigenvalue weighted by molar-refractivity contribution is 0.632. The molecule has 272 valence electrons. The van der Waals surface area contributed by atoms with Crippen LogP contribution in [0.15, 0.2) is 218 Å². The van der Waals surface area contributed by atoms with E-state index in [1.54, 1.807) is 0 Å². The van der Waals surface area contributed by atoms with Gasteiger partial charge < -0.3 is 9.80 Å². The van der Waals surface area contributed by atoms with Gasteiger partial charge in [-0.3, -0.25) is 0 Å². The molecule has 2 heteroatoms. The van der Waals surface area contributed by atoms with Crippen molar-refractivity contribution in [2.24, 2.45) is 0 Å². The Morgan fingerprint density at radius 3 is 1.63 bits per heavy atom. The molecule has 0 unspecified atom stereocenters. The molecular formula is C55H42N2. The second-order valence-electron chi connectivity index (χ2n) is 15.4. The molecule has 1 aliphatic heterocycles. The molecule has 0 atom stereocenters. The van der Waals surface area contributed by atoms with Gasteiger partial charge in [-0.15, -0.1) is 0 Å². The van der Waals surface area contributed by atoms with Crippen LogP contribution in [0.2, 0.25) is 0 Å². The molecule has 0 saturated carbocycles. The second kappa shape index (κ2) is 14.2. The molecule has 0 fully saturated rings. The molecule has 0 aliphatic carbocycles. The Hall–Kier alpha value is -7.16. The van der Waals surface area contributed by atoms with E-state index < -0.39 is 0 Å². The lowest BCUT2D eigenvalue weighted by atomic mass is 9.72. The zero-order valence-corrected chi connectivity index (χ0v) is 32.2. The maximum absolute atomic E-state index is 2.53. The molecule has 1 aliphatic rings. The van der Waals surface area contributed by atoms with E-state index in [0.717, 1.165) is 17.1 Å². The maximum atomic E-state index is 2.53. The first-order valence-electron chi connectivity index (χ1n) is 19.8. The number of nitrogens with zero attached hydrogens (tertiary/aromatic N) is 2. The largest absolute Gasteiger partial charge is 0.310 e. The van der Waals surface area contributed by atoms with Crippen molar-refractivity contribution in [3.05, 3.63) is 230 Å². The monoisotopic (exact) mass is 730 g/mol. The van der Waals surface area contributed by atoms with E-state index in [2.05, 4.69) is 242 Å². The SMILES string of the molecule is CC1(C)c2ccccc2N(c2c(-c3ccc(-c4cccc(N(c5ccccc5)c5ccccc5)c4)cc3)ccc3ccccc23)c2ccc(-c3ccccc3)cc21. The highest BCUT2D eigenvalue weighted by molar-refractivity contribution is 6.07. The molecule has 2 nitrogen and oxygen atoms in total. The average Bonchev–Trinajstić information content (AvgIpc) is 3.28. The molecule has 0 aromatic heterocycles. The van der Waals surface area contributed by atoms with Gasteiger partial charge in [-0.2, -0.15) is 0 Å². The van der Waals surface area contributed by atoms with Crippen LogP contribution in [0.3, 0.4) is 0 Å². The lowest BCUT2D eigenvalue weighted by Crippen LogP contribution is -2.31. The highest BCUT2D eigenvalue weighted by Crippen LogP contribution is 2.55. The van der Waals surface area contributed by atoms with Gasteiger partial charge in [0.2, 0.25) is 0 Å². The van der Waals surface area contributed by atoms with E-state index >= 15 is 0 Å². The summed E-state index contributed by atoms with van der Waals surface area (Å²) in [5.74, 6) is 0. The highest BCUT2D eigenvalue weighted by atomic mass is 15.2. The molecule has 0 N–H and O–H groups in total. The van der Waals surface area contributed by atoms with E-state index in [0.29, 0.717) is 0 Å². The third-order valence-electron chi connectivity index (χ3n) is 11.6. The smallest absolute Gasteiger partial charge is 0.0618 e. The van der Waals surface area contributed by atoms with E-state index in [-0.39, 0.29) is 5.41 Å². The van der Waals surface area contributed by atoms with E-state index in [1.807, 2.05) is 0 Å². The topological polar surface area (TPSA) is 6.48 Å². The maximum Gasteiger partial charge on any atom is 0.0618 e. The second-order valence-corrected chi connectivity index (χ2v) is 15.4. The molecule has 0 amide bonds. The van der Waals surface area contributed by atoms with Gasteiger partial charge in [-0.05, 0) is 98.9 Å². The van der Waals surface area contributed by atoms with Crippen LogP contribution in [-0.2, 0) is 5.41 Å². The zero-order chi connectivity index (χ0) is 38.3. The van der Waals surface area contributed by atoms with Gasteiger partial charge in [0.05, 0.1) is 17.1 Å². The van der Waals surface area contributed by atoms with Crippen LogP contribution in [0.5, 0.6) is 0 Å². The molecule has 9 aromatic rings. The molecule has 0 radical (unpaired) electrons. The summed E-state index contributed by atoms with van der Waals surface area (Å²) >= 11 is 0. The number of anilines is 6. The summed E-state index contributed by atoms with van der Waals surface area (Å²) in [5, 5.41) is 2.44. The van der Waals surface area contributed by atoms with Crippen molar-refractivity contribution in [3.8, 4) is 33.4 Å². The van der Waals surface area contributed by atoms with Gasteiger partial charge in [0, 0.05) is 33.4 Å². The van der Waals surface area contributed by atoms with Gasteiger partial charge in [-0.1, -0.05) is 178 Å². The van der Waals surface area contributed by atoms with Crippen LogP contribution in [-0.4, -0.2) is 0 Å². The van der Waals surface area contributed by atoms with Crippen molar-refractivity contribution in [1.29, 1.82) is 0 Å².